The molecule has 1 aliphatic heterocycles. The van der Waals surface area contributed by atoms with E-state index in [0.717, 1.165) is 56.3 Å². The first kappa shape index (κ1) is 15.0. The Labute approximate surface area is 140 Å². The number of hydrogen-bond donors (Lipinski definition) is 1. The Morgan fingerprint density at radius 2 is 1.88 bits per heavy atom. The highest BCUT2D eigenvalue weighted by molar-refractivity contribution is 5.82. The van der Waals surface area contributed by atoms with Gasteiger partial charge in [-0.2, -0.15) is 0 Å². The highest BCUT2D eigenvalue weighted by atomic mass is 15.4. The van der Waals surface area contributed by atoms with Crippen LogP contribution in [0.25, 0.3) is 11.2 Å². The number of aromatic nitrogens is 5. The minimum atomic E-state index is 0.766. The average Bonchev–Trinajstić information content (AvgIpc) is 3.06. The fraction of sp³-hybridized carbons (Fsp3) is 0.412. The van der Waals surface area contributed by atoms with Gasteiger partial charge in [-0.05, 0) is 6.92 Å². The van der Waals surface area contributed by atoms with Gasteiger partial charge in [0.15, 0.2) is 17.0 Å². The molecular weight excluding hydrogens is 302 g/mol. The molecule has 24 heavy (non-hydrogen) atoms. The van der Waals surface area contributed by atoms with E-state index in [1.807, 2.05) is 11.6 Å². The third-order valence-electron chi connectivity index (χ3n) is 4.65. The zero-order valence-electron chi connectivity index (χ0n) is 13.9. The maximum Gasteiger partial charge on any atom is 0.183 e. The van der Waals surface area contributed by atoms with Crippen molar-refractivity contribution in [3.63, 3.8) is 0 Å². The fourth-order valence-corrected chi connectivity index (χ4v) is 3.32. The molecule has 1 aliphatic rings. The van der Waals surface area contributed by atoms with Crippen molar-refractivity contribution < 1.29 is 4.90 Å². The Bertz CT molecular complexity index is 806. The zero-order valence-corrected chi connectivity index (χ0v) is 13.9. The predicted molar refractivity (Wildman–Crippen MR) is 91.8 cm³/mol. The van der Waals surface area contributed by atoms with Crippen LogP contribution in [-0.2, 0) is 13.1 Å². The van der Waals surface area contributed by atoms with Crippen LogP contribution in [0.2, 0.25) is 0 Å². The largest absolute Gasteiger partial charge is 0.343 e. The van der Waals surface area contributed by atoms with E-state index in [9.17, 15) is 0 Å². The van der Waals surface area contributed by atoms with Crippen LogP contribution in [0, 0.1) is 0 Å². The van der Waals surface area contributed by atoms with Gasteiger partial charge in [0.25, 0.3) is 0 Å². The summed E-state index contributed by atoms with van der Waals surface area (Å²) >= 11 is 0. The van der Waals surface area contributed by atoms with Gasteiger partial charge < -0.3 is 9.80 Å². The number of nitrogens with zero attached hydrogens (tertiary/aromatic N) is 6. The number of aryl methyl sites for hydroxylation is 1. The van der Waals surface area contributed by atoms with Crippen molar-refractivity contribution >= 4 is 17.0 Å². The minimum Gasteiger partial charge on any atom is -0.343 e. The summed E-state index contributed by atoms with van der Waals surface area (Å²) in [5.41, 5.74) is 3.03. The summed E-state index contributed by atoms with van der Waals surface area (Å²) in [5, 5.41) is 8.46. The molecule has 3 heterocycles. The first-order valence-electron chi connectivity index (χ1n) is 8.52. The Morgan fingerprint density at radius 1 is 1.08 bits per heavy atom. The molecule has 1 fully saturated rings. The van der Waals surface area contributed by atoms with Gasteiger partial charge in [0.1, 0.15) is 12.9 Å². The molecule has 0 unspecified atom stereocenters. The third-order valence-corrected chi connectivity index (χ3v) is 4.65. The van der Waals surface area contributed by atoms with Crippen molar-refractivity contribution in [3.05, 3.63) is 42.2 Å². The fourth-order valence-electron chi connectivity index (χ4n) is 3.32. The van der Waals surface area contributed by atoms with Crippen LogP contribution in [0.15, 0.2) is 36.7 Å². The zero-order chi connectivity index (χ0) is 16.4. The van der Waals surface area contributed by atoms with Crippen LogP contribution in [0.3, 0.4) is 0 Å². The summed E-state index contributed by atoms with van der Waals surface area (Å²) in [6.07, 6.45) is 1.62. The van der Waals surface area contributed by atoms with Crippen LogP contribution >= 0.6 is 0 Å². The van der Waals surface area contributed by atoms with Gasteiger partial charge in [-0.3, -0.25) is 0 Å². The van der Waals surface area contributed by atoms with Gasteiger partial charge in [0.05, 0.1) is 26.2 Å². The Kier molecular flexibility index (Phi) is 4.08. The Balaban J connectivity index is 1.47. The molecule has 0 bridgehead atoms. The van der Waals surface area contributed by atoms with E-state index in [1.54, 1.807) is 11.2 Å². The number of quaternary nitrogens is 1. The van der Waals surface area contributed by atoms with Crippen LogP contribution in [-0.4, -0.2) is 51.1 Å². The van der Waals surface area contributed by atoms with Crippen molar-refractivity contribution in [1.82, 2.24) is 25.0 Å². The number of nitrogens with one attached hydrogen (secondary N) is 1. The smallest absolute Gasteiger partial charge is 0.183 e. The normalized spacial score (nSPS) is 16.0. The van der Waals surface area contributed by atoms with Gasteiger partial charge in [0, 0.05) is 12.1 Å². The number of rotatable bonds is 4. The van der Waals surface area contributed by atoms with Crippen molar-refractivity contribution in [2.45, 2.75) is 20.0 Å². The lowest BCUT2D eigenvalue weighted by Crippen LogP contribution is -3.13. The highest BCUT2D eigenvalue weighted by Crippen LogP contribution is 2.20. The topological polar surface area (TPSA) is 64.2 Å². The summed E-state index contributed by atoms with van der Waals surface area (Å²) in [7, 11) is 0. The molecule has 2 aromatic heterocycles. The van der Waals surface area contributed by atoms with Crippen LogP contribution in [0.1, 0.15) is 12.5 Å². The summed E-state index contributed by atoms with van der Waals surface area (Å²) in [6, 6.07) is 10.7. The van der Waals surface area contributed by atoms with Crippen LogP contribution in [0.4, 0.5) is 5.82 Å². The van der Waals surface area contributed by atoms with Crippen LogP contribution < -0.4 is 9.80 Å². The molecular formula is C17H22N7+. The number of piperazine rings is 1. The van der Waals surface area contributed by atoms with E-state index in [4.69, 9.17) is 0 Å². The second-order valence-electron chi connectivity index (χ2n) is 6.17. The second-order valence-corrected chi connectivity index (χ2v) is 6.17. The molecule has 1 N–H and O–H groups in total. The lowest BCUT2D eigenvalue weighted by Gasteiger charge is -2.32. The molecule has 3 aromatic rings. The van der Waals surface area contributed by atoms with Crippen LogP contribution in [0.5, 0.6) is 0 Å². The molecule has 4 rings (SSSR count). The monoisotopic (exact) mass is 324 g/mol. The molecule has 1 saturated heterocycles. The highest BCUT2D eigenvalue weighted by Gasteiger charge is 2.24. The number of benzene rings is 1. The van der Waals surface area contributed by atoms with E-state index in [2.05, 4.69) is 55.5 Å². The van der Waals surface area contributed by atoms with Crippen molar-refractivity contribution in [2.75, 3.05) is 31.1 Å². The van der Waals surface area contributed by atoms with Gasteiger partial charge in [-0.25, -0.2) is 14.6 Å². The number of anilines is 1. The first-order valence-corrected chi connectivity index (χ1v) is 8.52. The standard InChI is InChI=1S/C17H21N7/c1-2-24-17-15(20-21-24)16(18-13-19-17)23-10-8-22(9-11-23)12-14-6-4-3-5-7-14/h3-7,13H,2,8-12H2,1H3/p+1. The Hall–Kier alpha value is -2.54. The van der Waals surface area contributed by atoms with Gasteiger partial charge >= 0.3 is 0 Å². The van der Waals surface area contributed by atoms with E-state index >= 15 is 0 Å². The molecule has 0 spiro atoms. The second kappa shape index (κ2) is 6.52. The van der Waals surface area contributed by atoms with E-state index < -0.39 is 0 Å². The molecule has 124 valence electrons. The average molecular weight is 324 g/mol. The lowest BCUT2D eigenvalue weighted by atomic mass is 10.2. The summed E-state index contributed by atoms with van der Waals surface area (Å²) in [4.78, 5) is 12.7. The van der Waals surface area contributed by atoms with Gasteiger partial charge in [-0.1, -0.05) is 35.5 Å². The maximum absolute atomic E-state index is 4.48. The van der Waals surface area contributed by atoms with Gasteiger partial charge in [0.2, 0.25) is 0 Å². The SMILES string of the molecule is CCn1nnc2c(N3CC[NH+](Cc4ccccc4)CC3)ncnc21. The van der Waals surface area contributed by atoms with E-state index in [1.165, 1.54) is 5.56 Å². The van der Waals surface area contributed by atoms with Crippen molar-refractivity contribution in [1.29, 1.82) is 0 Å². The molecule has 0 saturated carbocycles. The molecule has 0 aliphatic carbocycles. The number of fused-ring (bicyclic) bond motifs is 1. The molecule has 1 aromatic carbocycles. The molecule has 0 radical (unpaired) electrons. The summed E-state index contributed by atoms with van der Waals surface area (Å²) in [6.45, 7) is 8.05. The summed E-state index contributed by atoms with van der Waals surface area (Å²) < 4.78 is 1.82. The molecule has 7 nitrogen and oxygen atoms in total. The van der Waals surface area contributed by atoms with E-state index in [0.29, 0.717) is 0 Å². The van der Waals surface area contributed by atoms with Crippen molar-refractivity contribution in [3.8, 4) is 0 Å². The maximum atomic E-state index is 4.48. The van der Waals surface area contributed by atoms with Crippen molar-refractivity contribution in [2.24, 2.45) is 0 Å². The predicted octanol–water partition coefficient (Wildman–Crippen LogP) is 0.146. The quantitative estimate of drug-likeness (QED) is 0.740. The molecule has 0 amide bonds. The van der Waals surface area contributed by atoms with E-state index in [-0.39, 0.29) is 0 Å². The Morgan fingerprint density at radius 3 is 2.62 bits per heavy atom. The number of hydrogen-bond acceptors (Lipinski definition) is 5. The molecule has 0 atom stereocenters. The third kappa shape index (κ3) is 2.82. The first-order chi connectivity index (χ1) is 11.8. The van der Waals surface area contributed by atoms with Gasteiger partial charge in [-0.15, -0.1) is 5.10 Å². The minimum absolute atomic E-state index is 0.766. The lowest BCUT2D eigenvalue weighted by molar-refractivity contribution is -0.914. The summed E-state index contributed by atoms with van der Waals surface area (Å²) in [5.74, 6) is 0.915. The molecule has 7 heteroatoms.